The highest BCUT2D eigenvalue weighted by atomic mass is 16.4. The van der Waals surface area contributed by atoms with Crippen molar-refractivity contribution < 1.29 is 9.90 Å². The summed E-state index contributed by atoms with van der Waals surface area (Å²) in [5.41, 5.74) is 9.03. The SMILES string of the molecule is Cc1ccn(C)c(=O)c1-c1ccc(CC(N)C(=O)O)n2ccnc12. The number of aryl methyl sites for hydroxylation is 2. The van der Waals surface area contributed by atoms with Crippen LogP contribution in [-0.4, -0.2) is 31.1 Å². The molecular formula is C17H18N4O3. The van der Waals surface area contributed by atoms with Crippen molar-refractivity contribution >= 4 is 11.6 Å². The molecular weight excluding hydrogens is 308 g/mol. The average Bonchev–Trinajstić information content (AvgIpc) is 3.03. The Labute approximate surface area is 138 Å². The van der Waals surface area contributed by atoms with Gasteiger partial charge in [-0.15, -0.1) is 0 Å². The first kappa shape index (κ1) is 15.9. The van der Waals surface area contributed by atoms with Gasteiger partial charge in [0.1, 0.15) is 11.7 Å². The number of pyridine rings is 2. The maximum atomic E-state index is 12.5. The van der Waals surface area contributed by atoms with Crippen LogP contribution in [0.1, 0.15) is 11.3 Å². The van der Waals surface area contributed by atoms with Gasteiger partial charge in [-0.2, -0.15) is 0 Å². The van der Waals surface area contributed by atoms with Crippen LogP contribution in [0.15, 0.2) is 41.6 Å². The molecule has 0 radical (unpaired) electrons. The van der Waals surface area contributed by atoms with Crippen LogP contribution in [0.4, 0.5) is 0 Å². The lowest BCUT2D eigenvalue weighted by Gasteiger charge is -2.13. The first-order valence-corrected chi connectivity index (χ1v) is 7.50. The van der Waals surface area contributed by atoms with Crippen molar-refractivity contribution in [2.75, 3.05) is 0 Å². The van der Waals surface area contributed by atoms with Crippen molar-refractivity contribution in [1.82, 2.24) is 14.0 Å². The highest BCUT2D eigenvalue weighted by Gasteiger charge is 2.18. The summed E-state index contributed by atoms with van der Waals surface area (Å²) in [5.74, 6) is -1.06. The quantitative estimate of drug-likeness (QED) is 0.743. The molecule has 0 saturated carbocycles. The van der Waals surface area contributed by atoms with Gasteiger partial charge in [-0.1, -0.05) is 0 Å². The Morgan fingerprint density at radius 2 is 2.08 bits per heavy atom. The third kappa shape index (κ3) is 2.59. The topological polar surface area (TPSA) is 103 Å². The molecule has 7 nitrogen and oxygen atoms in total. The Balaban J connectivity index is 2.20. The van der Waals surface area contributed by atoms with Crippen LogP contribution in [0.25, 0.3) is 16.8 Å². The van der Waals surface area contributed by atoms with Gasteiger partial charge >= 0.3 is 5.97 Å². The van der Waals surface area contributed by atoms with E-state index >= 15 is 0 Å². The van der Waals surface area contributed by atoms with Gasteiger partial charge in [0.15, 0.2) is 0 Å². The fourth-order valence-electron chi connectivity index (χ4n) is 2.79. The van der Waals surface area contributed by atoms with Gasteiger partial charge < -0.3 is 19.8 Å². The second-order valence-electron chi connectivity index (χ2n) is 5.80. The van der Waals surface area contributed by atoms with Gasteiger partial charge in [-0.05, 0) is 30.7 Å². The maximum absolute atomic E-state index is 12.5. The number of fused-ring (bicyclic) bond motifs is 1. The molecule has 124 valence electrons. The van der Waals surface area contributed by atoms with Gasteiger partial charge in [0, 0.05) is 43.3 Å². The zero-order valence-electron chi connectivity index (χ0n) is 13.4. The smallest absolute Gasteiger partial charge is 0.320 e. The molecule has 7 heteroatoms. The monoisotopic (exact) mass is 326 g/mol. The summed E-state index contributed by atoms with van der Waals surface area (Å²) in [7, 11) is 1.70. The van der Waals surface area contributed by atoms with Crippen LogP contribution in [0.5, 0.6) is 0 Å². The van der Waals surface area contributed by atoms with Gasteiger partial charge in [0.25, 0.3) is 5.56 Å². The van der Waals surface area contributed by atoms with E-state index in [0.717, 1.165) is 11.3 Å². The molecule has 3 N–H and O–H groups in total. The Morgan fingerprint density at radius 1 is 1.33 bits per heavy atom. The van der Waals surface area contributed by atoms with Crippen molar-refractivity contribution in [3.63, 3.8) is 0 Å². The van der Waals surface area contributed by atoms with E-state index < -0.39 is 12.0 Å². The minimum absolute atomic E-state index is 0.102. The van der Waals surface area contributed by atoms with Crippen molar-refractivity contribution in [3.8, 4) is 11.1 Å². The van der Waals surface area contributed by atoms with E-state index in [4.69, 9.17) is 10.8 Å². The lowest BCUT2D eigenvalue weighted by atomic mass is 10.0. The van der Waals surface area contributed by atoms with Crippen molar-refractivity contribution in [2.45, 2.75) is 19.4 Å². The van der Waals surface area contributed by atoms with E-state index in [-0.39, 0.29) is 12.0 Å². The number of carbonyl (C=O) groups is 1. The zero-order chi connectivity index (χ0) is 17.4. The van der Waals surface area contributed by atoms with E-state index in [1.807, 2.05) is 13.0 Å². The third-order valence-corrected chi connectivity index (χ3v) is 4.13. The summed E-state index contributed by atoms with van der Waals surface area (Å²) in [6, 6.07) is 4.48. The van der Waals surface area contributed by atoms with Crippen LogP contribution < -0.4 is 11.3 Å². The molecule has 0 aromatic carbocycles. The molecule has 1 unspecified atom stereocenters. The molecule has 1 atom stereocenters. The van der Waals surface area contributed by atoms with E-state index in [0.29, 0.717) is 16.8 Å². The normalized spacial score (nSPS) is 12.5. The number of aliphatic carboxylic acids is 1. The average molecular weight is 326 g/mol. The number of carboxylic acids is 1. The first-order valence-electron chi connectivity index (χ1n) is 7.50. The maximum Gasteiger partial charge on any atom is 0.320 e. The molecule has 0 aliphatic carbocycles. The number of nitrogens with zero attached hydrogens (tertiary/aromatic N) is 3. The molecule has 0 aliphatic rings. The van der Waals surface area contributed by atoms with Gasteiger partial charge in [-0.25, -0.2) is 4.98 Å². The van der Waals surface area contributed by atoms with Crippen molar-refractivity contribution in [1.29, 1.82) is 0 Å². The Bertz CT molecular complexity index is 987. The molecule has 3 rings (SSSR count). The van der Waals surface area contributed by atoms with Gasteiger partial charge in [0.05, 0.1) is 5.56 Å². The number of rotatable bonds is 4. The van der Waals surface area contributed by atoms with E-state index in [2.05, 4.69) is 4.98 Å². The molecule has 0 aliphatic heterocycles. The minimum atomic E-state index is -1.06. The van der Waals surface area contributed by atoms with Crippen LogP contribution in [0.3, 0.4) is 0 Å². The van der Waals surface area contributed by atoms with Crippen molar-refractivity contribution in [2.24, 2.45) is 12.8 Å². The fourth-order valence-corrected chi connectivity index (χ4v) is 2.79. The summed E-state index contributed by atoms with van der Waals surface area (Å²) >= 11 is 0. The van der Waals surface area contributed by atoms with Gasteiger partial charge in [0.2, 0.25) is 0 Å². The van der Waals surface area contributed by atoms with Crippen LogP contribution in [-0.2, 0) is 18.3 Å². The van der Waals surface area contributed by atoms with E-state index in [1.54, 1.807) is 42.2 Å². The summed E-state index contributed by atoms with van der Waals surface area (Å²) in [6.07, 6.45) is 5.27. The molecule has 3 aromatic rings. The number of imidazole rings is 1. The van der Waals surface area contributed by atoms with E-state index in [9.17, 15) is 9.59 Å². The fraction of sp³-hybridized carbons (Fsp3) is 0.235. The molecule has 0 saturated heterocycles. The second kappa shape index (κ2) is 5.93. The van der Waals surface area contributed by atoms with Crippen LogP contribution >= 0.6 is 0 Å². The molecule has 0 amide bonds. The number of nitrogens with two attached hydrogens (primary N) is 1. The second-order valence-corrected chi connectivity index (χ2v) is 5.80. The van der Waals surface area contributed by atoms with Crippen LogP contribution in [0, 0.1) is 6.92 Å². The molecule has 3 aromatic heterocycles. The van der Waals surface area contributed by atoms with Crippen LogP contribution in [0.2, 0.25) is 0 Å². The summed E-state index contributed by atoms with van der Waals surface area (Å²) in [4.78, 5) is 27.9. The molecule has 0 spiro atoms. The minimum Gasteiger partial charge on any atom is -0.480 e. The largest absolute Gasteiger partial charge is 0.480 e. The lowest BCUT2D eigenvalue weighted by molar-refractivity contribution is -0.138. The van der Waals surface area contributed by atoms with E-state index in [1.165, 1.54) is 4.57 Å². The number of aromatic nitrogens is 3. The number of carboxylic acid groups (broad SMARTS) is 1. The standard InChI is InChI=1S/C17H18N4O3/c1-10-5-7-20(2)16(22)14(10)12-4-3-11(9-13(18)17(23)24)21-8-6-19-15(12)21/h3-8,13H,9,18H2,1-2H3,(H,23,24). The Kier molecular flexibility index (Phi) is 3.94. The Hall–Kier alpha value is -2.93. The lowest BCUT2D eigenvalue weighted by Crippen LogP contribution is -2.32. The predicted octanol–water partition coefficient (Wildman–Crippen LogP) is 0.963. The Morgan fingerprint density at radius 3 is 2.79 bits per heavy atom. The number of hydrogen-bond acceptors (Lipinski definition) is 4. The molecule has 24 heavy (non-hydrogen) atoms. The van der Waals surface area contributed by atoms with Gasteiger partial charge in [-0.3, -0.25) is 9.59 Å². The molecule has 0 bridgehead atoms. The summed E-state index contributed by atoms with van der Waals surface area (Å²) in [5, 5.41) is 9.01. The highest BCUT2D eigenvalue weighted by molar-refractivity contribution is 5.79. The molecule has 0 fully saturated rings. The first-order chi connectivity index (χ1) is 11.4. The highest BCUT2D eigenvalue weighted by Crippen LogP contribution is 2.25. The zero-order valence-corrected chi connectivity index (χ0v) is 13.4. The molecule has 3 heterocycles. The number of hydrogen-bond donors (Lipinski definition) is 2. The summed E-state index contributed by atoms with van der Waals surface area (Å²) in [6.45, 7) is 1.88. The van der Waals surface area contributed by atoms with Crippen molar-refractivity contribution in [3.05, 3.63) is 58.4 Å². The third-order valence-electron chi connectivity index (χ3n) is 4.13. The predicted molar refractivity (Wildman–Crippen MR) is 89.9 cm³/mol. The summed E-state index contributed by atoms with van der Waals surface area (Å²) < 4.78 is 3.31.